The smallest absolute Gasteiger partial charge is 0.290 e. The lowest BCUT2D eigenvalue weighted by Gasteiger charge is -2.10. The third-order valence-electron chi connectivity index (χ3n) is 4.60. The number of nitrogen functional groups attached to an aromatic ring is 1. The molecule has 0 aliphatic rings. The van der Waals surface area contributed by atoms with Gasteiger partial charge in [-0.1, -0.05) is 5.16 Å². The third-order valence-corrected chi connectivity index (χ3v) is 4.60. The number of rotatable bonds is 7. The van der Waals surface area contributed by atoms with E-state index in [1.165, 1.54) is 12.3 Å². The van der Waals surface area contributed by atoms with Crippen molar-refractivity contribution in [2.45, 2.75) is 0 Å². The highest BCUT2D eigenvalue weighted by Gasteiger charge is 2.20. The summed E-state index contributed by atoms with van der Waals surface area (Å²) in [6, 6.07) is 10.7. The van der Waals surface area contributed by atoms with E-state index >= 15 is 0 Å². The van der Waals surface area contributed by atoms with Gasteiger partial charge in [-0.15, -0.1) is 0 Å². The van der Waals surface area contributed by atoms with Crippen molar-refractivity contribution in [3.05, 3.63) is 60.7 Å². The number of pyridine rings is 1. The number of imidazole rings is 1. The number of benzene rings is 1. The Labute approximate surface area is 180 Å². The first-order valence-corrected chi connectivity index (χ1v) is 9.53. The van der Waals surface area contributed by atoms with E-state index < -0.39 is 0 Å². The van der Waals surface area contributed by atoms with E-state index in [1.54, 1.807) is 12.4 Å². The third kappa shape index (κ3) is 3.60. The van der Waals surface area contributed by atoms with Crippen LogP contribution in [0.1, 0.15) is 10.6 Å². The molecule has 0 atom stereocenters. The molecule has 1 amide bonds. The summed E-state index contributed by atoms with van der Waals surface area (Å²) in [6.45, 7) is 0.592. The Morgan fingerprint density at radius 3 is 2.75 bits per heavy atom. The van der Waals surface area contributed by atoms with Crippen molar-refractivity contribution in [2.24, 2.45) is 0 Å². The molecule has 5 aromatic rings. The minimum atomic E-state index is -0.350. The number of fused-ring (bicyclic) bond motifs is 1. The van der Waals surface area contributed by atoms with Crippen molar-refractivity contribution in [1.29, 1.82) is 0 Å². The summed E-state index contributed by atoms with van der Waals surface area (Å²) >= 11 is 0. The number of aromatic nitrogens is 6. The zero-order valence-corrected chi connectivity index (χ0v) is 16.5. The van der Waals surface area contributed by atoms with E-state index in [0.29, 0.717) is 29.3 Å². The predicted octanol–water partition coefficient (Wildman–Crippen LogP) is 1.85. The highest BCUT2D eigenvalue weighted by molar-refractivity contribution is 5.91. The molecule has 0 aliphatic carbocycles. The van der Waals surface area contributed by atoms with Crippen LogP contribution in [0.3, 0.4) is 0 Å². The minimum absolute atomic E-state index is 0.141. The number of nitrogens with zero attached hydrogens (tertiary/aromatic N) is 6. The molecule has 12 nitrogen and oxygen atoms in total. The maximum Gasteiger partial charge on any atom is 0.290 e. The van der Waals surface area contributed by atoms with Crippen LogP contribution < -0.4 is 15.8 Å². The Morgan fingerprint density at radius 1 is 1.12 bits per heavy atom. The van der Waals surface area contributed by atoms with Crippen LogP contribution in [0.2, 0.25) is 0 Å². The van der Waals surface area contributed by atoms with Gasteiger partial charge < -0.3 is 20.3 Å². The fourth-order valence-electron chi connectivity index (χ4n) is 3.15. The van der Waals surface area contributed by atoms with Gasteiger partial charge in [-0.3, -0.25) is 14.3 Å². The zero-order valence-electron chi connectivity index (χ0n) is 16.5. The molecule has 0 fully saturated rings. The molecule has 4 heterocycles. The van der Waals surface area contributed by atoms with Crippen LogP contribution in [0.4, 0.5) is 5.82 Å². The van der Waals surface area contributed by atoms with Crippen molar-refractivity contribution >= 4 is 22.8 Å². The highest BCUT2D eigenvalue weighted by Crippen LogP contribution is 2.30. The first-order chi connectivity index (χ1) is 15.7. The summed E-state index contributed by atoms with van der Waals surface area (Å²) in [5, 5.41) is 13.7. The molecule has 1 aromatic carbocycles. The summed E-state index contributed by atoms with van der Waals surface area (Å²) in [7, 11) is 0. The zero-order chi connectivity index (χ0) is 21.9. The molecule has 0 unspecified atom stereocenters. The monoisotopic (exact) mass is 432 g/mol. The SMILES string of the molecule is Nc1nonc1-c1nc2cnccc2n1-c1ccc(OCCNC(=O)c2ccno2)cc1. The molecule has 0 radical (unpaired) electrons. The van der Waals surface area contributed by atoms with Crippen LogP contribution >= 0.6 is 0 Å². The van der Waals surface area contributed by atoms with Gasteiger partial charge in [0.05, 0.1) is 24.5 Å². The van der Waals surface area contributed by atoms with E-state index in [9.17, 15) is 4.79 Å². The lowest BCUT2D eigenvalue weighted by Crippen LogP contribution is -2.27. The predicted molar refractivity (Wildman–Crippen MR) is 111 cm³/mol. The van der Waals surface area contributed by atoms with Crippen LogP contribution in [-0.4, -0.2) is 49.1 Å². The summed E-state index contributed by atoms with van der Waals surface area (Å²) in [5.41, 5.74) is 8.53. The average Bonchev–Trinajstić information content (AvgIpc) is 3.56. The van der Waals surface area contributed by atoms with Gasteiger partial charge in [0.25, 0.3) is 5.91 Å². The molecule has 0 bridgehead atoms. The summed E-state index contributed by atoms with van der Waals surface area (Å²) in [4.78, 5) is 20.5. The Hall–Kier alpha value is -4.74. The van der Waals surface area contributed by atoms with Crippen molar-refractivity contribution in [3.63, 3.8) is 0 Å². The molecule has 0 saturated heterocycles. The number of hydrogen-bond acceptors (Lipinski definition) is 10. The lowest BCUT2D eigenvalue weighted by atomic mass is 10.2. The number of anilines is 1. The van der Waals surface area contributed by atoms with E-state index in [-0.39, 0.29) is 24.1 Å². The lowest BCUT2D eigenvalue weighted by molar-refractivity contribution is 0.0910. The van der Waals surface area contributed by atoms with Crippen molar-refractivity contribution in [2.75, 3.05) is 18.9 Å². The largest absolute Gasteiger partial charge is 0.492 e. The topological polar surface area (TPSA) is 160 Å². The molecule has 32 heavy (non-hydrogen) atoms. The molecule has 160 valence electrons. The van der Waals surface area contributed by atoms with Crippen LogP contribution in [0.15, 0.2) is 64.1 Å². The molecule has 5 rings (SSSR count). The molecular formula is C20H16N8O4. The highest BCUT2D eigenvalue weighted by atomic mass is 16.6. The molecule has 3 N–H and O–H groups in total. The number of nitrogens with two attached hydrogens (primary N) is 1. The first-order valence-electron chi connectivity index (χ1n) is 9.53. The summed E-state index contributed by atoms with van der Waals surface area (Å²) in [5.74, 6) is 1.06. The van der Waals surface area contributed by atoms with E-state index in [0.717, 1.165) is 11.2 Å². The summed E-state index contributed by atoms with van der Waals surface area (Å²) in [6.07, 6.45) is 4.74. The van der Waals surface area contributed by atoms with Gasteiger partial charge in [0.15, 0.2) is 17.3 Å². The van der Waals surface area contributed by atoms with Gasteiger partial charge in [-0.25, -0.2) is 9.61 Å². The van der Waals surface area contributed by atoms with Crippen molar-refractivity contribution in [3.8, 4) is 23.0 Å². The van der Waals surface area contributed by atoms with Crippen LogP contribution in [0, 0.1) is 0 Å². The molecule has 0 aliphatic heterocycles. The standard InChI is InChI=1S/C20H16N8O4/c21-18-17(26-32-27-18)19-25-14-11-22-7-5-15(14)28(19)12-1-3-13(4-2-12)30-10-9-23-20(29)16-6-8-24-31-16/h1-8,11H,9-10H2,(H2,21,27)(H,23,29). The van der Waals surface area contributed by atoms with Crippen LogP contribution in [-0.2, 0) is 0 Å². The fraction of sp³-hybridized carbons (Fsp3) is 0.100. The van der Waals surface area contributed by atoms with Crippen LogP contribution in [0.25, 0.3) is 28.2 Å². The second-order valence-electron chi connectivity index (χ2n) is 6.61. The Morgan fingerprint density at radius 2 is 2.00 bits per heavy atom. The maximum absolute atomic E-state index is 11.8. The molecule has 0 saturated carbocycles. The van der Waals surface area contributed by atoms with E-state index in [4.69, 9.17) is 19.6 Å². The van der Waals surface area contributed by atoms with Gasteiger partial charge >= 0.3 is 0 Å². The van der Waals surface area contributed by atoms with Gasteiger partial charge in [0.1, 0.15) is 17.9 Å². The number of carbonyl (C=O) groups is 1. The number of nitrogens with one attached hydrogen (secondary N) is 1. The second-order valence-corrected chi connectivity index (χ2v) is 6.61. The number of hydrogen-bond donors (Lipinski definition) is 2. The number of ether oxygens (including phenoxy) is 1. The van der Waals surface area contributed by atoms with Gasteiger partial charge in [0, 0.05) is 18.0 Å². The minimum Gasteiger partial charge on any atom is -0.492 e. The Bertz CT molecular complexity index is 1360. The van der Waals surface area contributed by atoms with Gasteiger partial charge in [0.2, 0.25) is 5.76 Å². The maximum atomic E-state index is 11.8. The molecule has 4 aromatic heterocycles. The molecular weight excluding hydrogens is 416 g/mol. The molecule has 12 heteroatoms. The summed E-state index contributed by atoms with van der Waals surface area (Å²) < 4.78 is 17.1. The quantitative estimate of drug-likeness (QED) is 0.363. The second kappa shape index (κ2) is 8.18. The number of amides is 1. The first kappa shape index (κ1) is 19.2. The van der Waals surface area contributed by atoms with Crippen molar-refractivity contribution in [1.82, 2.24) is 35.3 Å². The molecule has 0 spiro atoms. The Balaban J connectivity index is 1.33. The average molecular weight is 432 g/mol. The van der Waals surface area contributed by atoms with E-state index in [2.05, 4.69) is 30.8 Å². The normalized spacial score (nSPS) is 11.0. The fourth-order valence-corrected chi connectivity index (χ4v) is 3.15. The van der Waals surface area contributed by atoms with Crippen molar-refractivity contribution < 1.29 is 18.7 Å². The van der Waals surface area contributed by atoms with E-state index in [1.807, 2.05) is 34.9 Å². The van der Waals surface area contributed by atoms with Gasteiger partial charge in [-0.2, -0.15) is 0 Å². The van der Waals surface area contributed by atoms with Gasteiger partial charge in [-0.05, 0) is 40.6 Å². The number of carbonyl (C=O) groups excluding carboxylic acids is 1. The Kier molecular flexibility index (Phi) is 4.92. The van der Waals surface area contributed by atoms with Crippen LogP contribution in [0.5, 0.6) is 5.75 Å².